The van der Waals surface area contributed by atoms with E-state index < -0.39 is 0 Å². The molecule has 0 aliphatic heterocycles. The molecule has 0 radical (unpaired) electrons. The largest absolute Gasteiger partial charge is 0.389 e. The Kier molecular flexibility index (Phi) is 4.76. The SMILES string of the molecule is CSc1ccc(C(=O)Nc2cccc(C(N)=S)c2)cc1. The molecule has 0 aliphatic rings. The van der Waals surface area contributed by atoms with Crippen LogP contribution >= 0.6 is 24.0 Å². The molecule has 0 atom stereocenters. The first-order valence-corrected chi connectivity index (χ1v) is 7.59. The van der Waals surface area contributed by atoms with Gasteiger partial charge in [-0.25, -0.2) is 0 Å². The Bertz CT molecular complexity index is 639. The quantitative estimate of drug-likeness (QED) is 0.672. The van der Waals surface area contributed by atoms with Gasteiger partial charge in [-0.3, -0.25) is 4.79 Å². The van der Waals surface area contributed by atoms with Crippen LogP contribution in [0, 0.1) is 0 Å². The third kappa shape index (κ3) is 3.59. The van der Waals surface area contributed by atoms with Gasteiger partial charge in [-0.2, -0.15) is 0 Å². The van der Waals surface area contributed by atoms with Crippen LogP contribution < -0.4 is 11.1 Å². The molecule has 0 aromatic heterocycles. The number of thioether (sulfide) groups is 1. The highest BCUT2D eigenvalue weighted by molar-refractivity contribution is 7.98. The number of rotatable bonds is 4. The van der Waals surface area contributed by atoms with Gasteiger partial charge in [-0.05, 0) is 42.7 Å². The van der Waals surface area contributed by atoms with Gasteiger partial charge in [-0.1, -0.05) is 24.4 Å². The predicted molar refractivity (Wildman–Crippen MR) is 88.5 cm³/mol. The number of nitrogens with two attached hydrogens (primary N) is 1. The number of carbonyl (C=O) groups is 1. The van der Waals surface area contributed by atoms with Crippen LogP contribution in [0.5, 0.6) is 0 Å². The second-order valence-electron chi connectivity index (χ2n) is 4.13. The molecule has 0 bridgehead atoms. The molecule has 2 aromatic rings. The molecule has 102 valence electrons. The van der Waals surface area contributed by atoms with Gasteiger partial charge in [0.2, 0.25) is 0 Å². The normalized spacial score (nSPS) is 10.1. The molecule has 0 spiro atoms. The molecule has 0 saturated heterocycles. The van der Waals surface area contributed by atoms with Crippen LogP contribution in [0.2, 0.25) is 0 Å². The van der Waals surface area contributed by atoms with Crippen LogP contribution in [0.4, 0.5) is 5.69 Å². The van der Waals surface area contributed by atoms with Crippen molar-refractivity contribution in [3.8, 4) is 0 Å². The van der Waals surface area contributed by atoms with Crippen LogP contribution in [0.25, 0.3) is 0 Å². The minimum absolute atomic E-state index is 0.155. The summed E-state index contributed by atoms with van der Waals surface area (Å²) in [7, 11) is 0. The second kappa shape index (κ2) is 6.54. The van der Waals surface area contributed by atoms with Gasteiger partial charge in [0.05, 0.1) is 0 Å². The third-order valence-electron chi connectivity index (χ3n) is 2.76. The van der Waals surface area contributed by atoms with Crippen LogP contribution in [-0.4, -0.2) is 17.2 Å². The van der Waals surface area contributed by atoms with E-state index in [-0.39, 0.29) is 5.91 Å². The lowest BCUT2D eigenvalue weighted by atomic mass is 10.1. The van der Waals surface area contributed by atoms with Crippen molar-refractivity contribution >= 4 is 40.6 Å². The first-order chi connectivity index (χ1) is 9.60. The Morgan fingerprint density at radius 1 is 1.15 bits per heavy atom. The minimum atomic E-state index is -0.155. The lowest BCUT2D eigenvalue weighted by molar-refractivity contribution is 0.102. The highest BCUT2D eigenvalue weighted by Gasteiger charge is 2.06. The van der Waals surface area contributed by atoms with E-state index in [9.17, 15) is 4.79 Å². The fourth-order valence-electron chi connectivity index (χ4n) is 1.70. The van der Waals surface area contributed by atoms with E-state index >= 15 is 0 Å². The Balaban J connectivity index is 2.14. The minimum Gasteiger partial charge on any atom is -0.389 e. The number of anilines is 1. The lowest BCUT2D eigenvalue weighted by Crippen LogP contribution is -2.13. The number of thiocarbonyl (C=S) groups is 1. The highest BCUT2D eigenvalue weighted by atomic mass is 32.2. The van der Waals surface area contributed by atoms with Gasteiger partial charge >= 0.3 is 0 Å². The van der Waals surface area contributed by atoms with E-state index in [1.54, 1.807) is 42.1 Å². The van der Waals surface area contributed by atoms with Crippen LogP contribution in [0.15, 0.2) is 53.4 Å². The summed E-state index contributed by atoms with van der Waals surface area (Å²) in [6.45, 7) is 0. The van der Waals surface area contributed by atoms with E-state index in [2.05, 4.69) is 5.32 Å². The number of amides is 1. The zero-order chi connectivity index (χ0) is 14.5. The average molecular weight is 302 g/mol. The average Bonchev–Trinajstić information content (AvgIpc) is 2.47. The molecular weight excluding hydrogens is 288 g/mol. The molecule has 2 aromatic carbocycles. The molecule has 1 amide bonds. The number of carbonyl (C=O) groups excluding carboxylic acids is 1. The van der Waals surface area contributed by atoms with Crippen molar-refractivity contribution in [3.63, 3.8) is 0 Å². The van der Waals surface area contributed by atoms with Crippen molar-refractivity contribution < 1.29 is 4.79 Å². The molecule has 5 heteroatoms. The third-order valence-corrected chi connectivity index (χ3v) is 3.74. The topological polar surface area (TPSA) is 55.1 Å². The maximum atomic E-state index is 12.1. The van der Waals surface area contributed by atoms with Gasteiger partial charge in [0.15, 0.2) is 0 Å². The Morgan fingerprint density at radius 3 is 2.45 bits per heavy atom. The summed E-state index contributed by atoms with van der Waals surface area (Å²) in [6.07, 6.45) is 2.00. The number of hydrogen-bond donors (Lipinski definition) is 2. The summed E-state index contributed by atoms with van der Waals surface area (Å²) in [6, 6.07) is 14.6. The molecule has 0 saturated carbocycles. The van der Waals surface area contributed by atoms with E-state index in [0.29, 0.717) is 16.2 Å². The number of hydrogen-bond acceptors (Lipinski definition) is 3. The van der Waals surface area contributed by atoms with Gasteiger partial charge in [0, 0.05) is 21.7 Å². The zero-order valence-electron chi connectivity index (χ0n) is 10.9. The summed E-state index contributed by atoms with van der Waals surface area (Å²) in [5.41, 5.74) is 7.59. The number of benzene rings is 2. The molecule has 20 heavy (non-hydrogen) atoms. The zero-order valence-corrected chi connectivity index (χ0v) is 12.6. The molecule has 0 heterocycles. The highest BCUT2D eigenvalue weighted by Crippen LogP contribution is 2.16. The van der Waals surface area contributed by atoms with E-state index in [1.165, 1.54) is 0 Å². The smallest absolute Gasteiger partial charge is 0.255 e. The molecule has 2 rings (SSSR count). The molecule has 3 N–H and O–H groups in total. The maximum absolute atomic E-state index is 12.1. The van der Waals surface area contributed by atoms with E-state index in [0.717, 1.165) is 10.5 Å². The Labute approximate surface area is 127 Å². The van der Waals surface area contributed by atoms with E-state index in [4.69, 9.17) is 18.0 Å². The summed E-state index contributed by atoms with van der Waals surface area (Å²) in [4.78, 5) is 13.5. The molecular formula is C15H14N2OS2. The van der Waals surface area contributed by atoms with Crippen molar-refractivity contribution in [2.24, 2.45) is 5.73 Å². The Hall–Kier alpha value is -1.85. The van der Waals surface area contributed by atoms with E-state index in [1.807, 2.05) is 24.5 Å². The first kappa shape index (κ1) is 14.6. The summed E-state index contributed by atoms with van der Waals surface area (Å²) >= 11 is 6.56. The summed E-state index contributed by atoms with van der Waals surface area (Å²) in [5, 5.41) is 2.83. The van der Waals surface area contributed by atoms with Crippen LogP contribution in [0.1, 0.15) is 15.9 Å². The fourth-order valence-corrected chi connectivity index (χ4v) is 2.23. The van der Waals surface area contributed by atoms with Crippen LogP contribution in [-0.2, 0) is 0 Å². The fraction of sp³-hybridized carbons (Fsp3) is 0.0667. The van der Waals surface area contributed by atoms with Gasteiger partial charge in [0.25, 0.3) is 5.91 Å². The Morgan fingerprint density at radius 2 is 1.85 bits per heavy atom. The van der Waals surface area contributed by atoms with Gasteiger partial charge < -0.3 is 11.1 Å². The molecule has 3 nitrogen and oxygen atoms in total. The van der Waals surface area contributed by atoms with Crippen LogP contribution in [0.3, 0.4) is 0 Å². The van der Waals surface area contributed by atoms with Gasteiger partial charge in [0.1, 0.15) is 4.99 Å². The maximum Gasteiger partial charge on any atom is 0.255 e. The lowest BCUT2D eigenvalue weighted by Gasteiger charge is -2.07. The monoisotopic (exact) mass is 302 g/mol. The van der Waals surface area contributed by atoms with Gasteiger partial charge in [-0.15, -0.1) is 11.8 Å². The summed E-state index contributed by atoms with van der Waals surface area (Å²) in [5.74, 6) is -0.155. The molecule has 0 unspecified atom stereocenters. The first-order valence-electron chi connectivity index (χ1n) is 5.95. The van der Waals surface area contributed by atoms with Crippen molar-refractivity contribution in [2.45, 2.75) is 4.90 Å². The summed E-state index contributed by atoms with van der Waals surface area (Å²) < 4.78 is 0. The second-order valence-corrected chi connectivity index (χ2v) is 5.45. The van der Waals surface area contributed by atoms with Crippen molar-refractivity contribution in [1.82, 2.24) is 0 Å². The molecule has 0 fully saturated rings. The van der Waals surface area contributed by atoms with Crippen molar-refractivity contribution in [1.29, 1.82) is 0 Å². The molecule has 0 aliphatic carbocycles. The number of nitrogens with one attached hydrogen (secondary N) is 1. The van der Waals surface area contributed by atoms with Crippen molar-refractivity contribution in [2.75, 3.05) is 11.6 Å². The standard InChI is InChI=1S/C15H14N2OS2/c1-20-13-7-5-10(6-8-13)15(18)17-12-4-2-3-11(9-12)14(16)19/h2-9H,1H3,(H2,16,19)(H,17,18). The predicted octanol–water partition coefficient (Wildman–Crippen LogP) is 3.30. The van der Waals surface area contributed by atoms with Crippen molar-refractivity contribution in [3.05, 3.63) is 59.7 Å².